The van der Waals surface area contributed by atoms with Gasteiger partial charge in [-0.1, -0.05) is 23.2 Å². The van der Waals surface area contributed by atoms with Gasteiger partial charge in [0.1, 0.15) is 12.1 Å². The third-order valence-corrected chi connectivity index (χ3v) is 3.78. The molecule has 0 saturated carbocycles. The highest BCUT2D eigenvalue weighted by atomic mass is 35.5. The first-order valence-corrected chi connectivity index (χ1v) is 7.34. The van der Waals surface area contributed by atoms with Crippen molar-refractivity contribution in [2.75, 3.05) is 13.7 Å². The van der Waals surface area contributed by atoms with Gasteiger partial charge in [0.25, 0.3) is 5.91 Å². The van der Waals surface area contributed by atoms with Crippen molar-refractivity contribution in [1.82, 2.24) is 14.9 Å². The highest BCUT2D eigenvalue weighted by molar-refractivity contribution is 6.35. The third-order valence-electron chi connectivity index (χ3n) is 3.25. The molecule has 2 aromatic rings. The van der Waals surface area contributed by atoms with Gasteiger partial charge in [0, 0.05) is 18.3 Å². The van der Waals surface area contributed by atoms with Crippen LogP contribution in [0.4, 0.5) is 0 Å². The van der Waals surface area contributed by atoms with Crippen molar-refractivity contribution in [2.45, 2.75) is 13.0 Å². The number of aromatic nitrogens is 2. The summed E-state index contributed by atoms with van der Waals surface area (Å²) in [4.78, 5) is 21.8. The maximum absolute atomic E-state index is 12.2. The average Bonchev–Trinajstić information content (AvgIpc) is 2.53. The van der Waals surface area contributed by atoms with E-state index < -0.39 is 0 Å². The Morgan fingerprint density at radius 2 is 2.14 bits per heavy atom. The molecule has 116 valence electrons. The van der Waals surface area contributed by atoms with Crippen molar-refractivity contribution in [2.24, 2.45) is 0 Å². The molecule has 0 N–H and O–H groups in total. The first kappa shape index (κ1) is 16.5. The molecule has 1 heterocycles. The number of benzene rings is 1. The fourth-order valence-corrected chi connectivity index (χ4v) is 2.26. The van der Waals surface area contributed by atoms with Crippen molar-refractivity contribution in [1.29, 1.82) is 0 Å². The maximum atomic E-state index is 12.2. The number of ether oxygens (including phenoxy) is 1. The molecule has 1 atom stereocenters. The molecule has 0 spiro atoms. The normalized spacial score (nSPS) is 11.8. The fraction of sp³-hybridized carbons (Fsp3) is 0.267. The van der Waals surface area contributed by atoms with Gasteiger partial charge in [0.15, 0.2) is 6.61 Å². The van der Waals surface area contributed by atoms with Crippen LogP contribution in [0.3, 0.4) is 0 Å². The number of nitrogens with zero attached hydrogens (tertiary/aromatic N) is 3. The third kappa shape index (κ3) is 4.08. The molecule has 7 heteroatoms. The van der Waals surface area contributed by atoms with Crippen LogP contribution in [0.1, 0.15) is 18.7 Å². The van der Waals surface area contributed by atoms with Crippen molar-refractivity contribution < 1.29 is 9.53 Å². The van der Waals surface area contributed by atoms with E-state index in [1.807, 2.05) is 6.92 Å². The SMILES string of the molecule is C[C@H](c1ccncn1)N(C)C(=O)COc1ccc(Cl)cc1Cl. The number of carbonyl (C=O) groups excluding carboxylic acids is 1. The molecule has 1 amide bonds. The molecule has 0 aliphatic rings. The number of likely N-dealkylation sites (N-methyl/N-ethyl adjacent to an activating group) is 1. The van der Waals surface area contributed by atoms with E-state index >= 15 is 0 Å². The van der Waals surface area contributed by atoms with Crippen molar-refractivity contribution in [3.8, 4) is 5.75 Å². The largest absolute Gasteiger partial charge is 0.482 e. The summed E-state index contributed by atoms with van der Waals surface area (Å²) in [7, 11) is 1.70. The van der Waals surface area contributed by atoms with Crippen LogP contribution in [0, 0.1) is 0 Å². The Morgan fingerprint density at radius 1 is 1.36 bits per heavy atom. The number of rotatable bonds is 5. The average molecular weight is 340 g/mol. The van der Waals surface area contributed by atoms with E-state index in [9.17, 15) is 4.79 Å². The molecule has 22 heavy (non-hydrogen) atoms. The number of amides is 1. The Bertz CT molecular complexity index is 652. The molecule has 1 aromatic heterocycles. The zero-order valence-electron chi connectivity index (χ0n) is 12.2. The molecular formula is C15H15Cl2N3O2. The quantitative estimate of drug-likeness (QED) is 0.837. The Kier molecular flexibility index (Phi) is 5.57. The monoisotopic (exact) mass is 339 g/mol. The smallest absolute Gasteiger partial charge is 0.260 e. The Morgan fingerprint density at radius 3 is 2.77 bits per heavy atom. The van der Waals surface area contributed by atoms with Crippen LogP contribution >= 0.6 is 23.2 Å². The highest BCUT2D eigenvalue weighted by Gasteiger charge is 2.19. The lowest BCUT2D eigenvalue weighted by Crippen LogP contribution is -2.34. The predicted molar refractivity (Wildman–Crippen MR) is 85.2 cm³/mol. The van der Waals surface area contributed by atoms with Gasteiger partial charge in [-0.05, 0) is 31.2 Å². The van der Waals surface area contributed by atoms with E-state index in [-0.39, 0.29) is 18.6 Å². The number of carbonyl (C=O) groups is 1. The first-order valence-electron chi connectivity index (χ1n) is 6.58. The summed E-state index contributed by atoms with van der Waals surface area (Å²) in [5, 5.41) is 0.880. The summed E-state index contributed by atoms with van der Waals surface area (Å²) in [6.07, 6.45) is 3.09. The zero-order valence-corrected chi connectivity index (χ0v) is 13.7. The number of hydrogen-bond donors (Lipinski definition) is 0. The van der Waals surface area contributed by atoms with E-state index in [2.05, 4.69) is 9.97 Å². The van der Waals surface area contributed by atoms with Crippen molar-refractivity contribution in [3.05, 3.63) is 52.5 Å². The van der Waals surface area contributed by atoms with E-state index in [1.54, 1.807) is 42.4 Å². The molecular weight excluding hydrogens is 325 g/mol. The van der Waals surface area contributed by atoms with Crippen LogP contribution in [0.15, 0.2) is 36.8 Å². The zero-order chi connectivity index (χ0) is 16.1. The summed E-state index contributed by atoms with van der Waals surface area (Å²) in [6.45, 7) is 1.77. The van der Waals surface area contributed by atoms with E-state index in [0.29, 0.717) is 15.8 Å². The first-order chi connectivity index (χ1) is 10.5. The van der Waals surface area contributed by atoms with Gasteiger partial charge < -0.3 is 9.64 Å². The lowest BCUT2D eigenvalue weighted by atomic mass is 10.2. The lowest BCUT2D eigenvalue weighted by Gasteiger charge is -2.24. The molecule has 1 aromatic carbocycles. The van der Waals surface area contributed by atoms with E-state index in [1.165, 1.54) is 6.33 Å². The number of halogens is 2. The van der Waals surface area contributed by atoms with Gasteiger partial charge in [0.05, 0.1) is 16.8 Å². The molecule has 0 radical (unpaired) electrons. The molecule has 0 aliphatic carbocycles. The standard InChI is InChI=1S/C15H15Cl2N3O2/c1-10(13-5-6-18-9-19-13)20(2)15(21)8-22-14-4-3-11(16)7-12(14)17/h3-7,9-10H,8H2,1-2H3/t10-/m1/s1. The minimum atomic E-state index is -0.183. The molecule has 5 nitrogen and oxygen atoms in total. The minimum absolute atomic E-state index is 0.118. The summed E-state index contributed by atoms with van der Waals surface area (Å²) in [6, 6.07) is 6.44. The van der Waals surface area contributed by atoms with Crippen LogP contribution in [-0.2, 0) is 4.79 Å². The summed E-state index contributed by atoms with van der Waals surface area (Å²) >= 11 is 11.8. The minimum Gasteiger partial charge on any atom is -0.482 e. The van der Waals surface area contributed by atoms with Gasteiger partial charge in [-0.3, -0.25) is 4.79 Å². The maximum Gasteiger partial charge on any atom is 0.260 e. The van der Waals surface area contributed by atoms with Crippen LogP contribution in [0.5, 0.6) is 5.75 Å². The molecule has 2 rings (SSSR count). The topological polar surface area (TPSA) is 55.3 Å². The van der Waals surface area contributed by atoms with Gasteiger partial charge in [0.2, 0.25) is 0 Å². The summed E-state index contributed by atoms with van der Waals surface area (Å²) < 4.78 is 5.45. The Balaban J connectivity index is 1.97. The molecule has 0 aliphatic heterocycles. The van der Waals surface area contributed by atoms with E-state index in [0.717, 1.165) is 5.69 Å². The lowest BCUT2D eigenvalue weighted by molar-refractivity contribution is -0.134. The highest BCUT2D eigenvalue weighted by Crippen LogP contribution is 2.27. The van der Waals surface area contributed by atoms with Crippen LogP contribution in [-0.4, -0.2) is 34.4 Å². The van der Waals surface area contributed by atoms with Crippen molar-refractivity contribution >= 4 is 29.1 Å². The second kappa shape index (κ2) is 7.42. The Labute approximate surface area is 138 Å². The Hall–Kier alpha value is -1.85. The summed E-state index contributed by atoms with van der Waals surface area (Å²) in [5.41, 5.74) is 0.760. The molecule has 0 fully saturated rings. The fourth-order valence-electron chi connectivity index (χ4n) is 1.80. The second-order valence-corrected chi connectivity index (χ2v) is 5.52. The van der Waals surface area contributed by atoms with E-state index in [4.69, 9.17) is 27.9 Å². The van der Waals surface area contributed by atoms with Crippen LogP contribution < -0.4 is 4.74 Å². The second-order valence-electron chi connectivity index (χ2n) is 4.68. The number of hydrogen-bond acceptors (Lipinski definition) is 4. The molecule has 0 unspecified atom stereocenters. The van der Waals surface area contributed by atoms with Gasteiger partial charge in [-0.25, -0.2) is 9.97 Å². The predicted octanol–water partition coefficient (Wildman–Crippen LogP) is 3.38. The van der Waals surface area contributed by atoms with Crippen LogP contribution in [0.2, 0.25) is 10.0 Å². The van der Waals surface area contributed by atoms with Gasteiger partial charge in [-0.15, -0.1) is 0 Å². The van der Waals surface area contributed by atoms with Crippen LogP contribution in [0.25, 0.3) is 0 Å². The van der Waals surface area contributed by atoms with Gasteiger partial charge in [-0.2, -0.15) is 0 Å². The van der Waals surface area contributed by atoms with Gasteiger partial charge >= 0.3 is 0 Å². The summed E-state index contributed by atoms with van der Waals surface area (Å²) in [5.74, 6) is 0.236. The van der Waals surface area contributed by atoms with Crippen molar-refractivity contribution in [3.63, 3.8) is 0 Å². The molecule has 0 saturated heterocycles. The molecule has 0 bridgehead atoms.